The Labute approximate surface area is 118 Å². The first-order valence-electron chi connectivity index (χ1n) is 6.80. The van der Waals surface area contributed by atoms with Crippen molar-refractivity contribution in [3.05, 3.63) is 23.1 Å². The number of aromatic nitrogens is 2. The average molecular weight is 279 g/mol. The molecule has 0 saturated carbocycles. The molecule has 2 heterocycles. The maximum Gasteiger partial charge on any atom is 0.151 e. The fourth-order valence-electron chi connectivity index (χ4n) is 1.85. The second-order valence-corrected chi connectivity index (χ2v) is 6.02. The summed E-state index contributed by atoms with van der Waals surface area (Å²) in [4.78, 5) is 0. The highest BCUT2D eigenvalue weighted by Gasteiger charge is 2.12. The molecule has 0 amide bonds. The number of aryl methyl sites for hydroxylation is 1. The highest BCUT2D eigenvalue weighted by Crippen LogP contribution is 2.28. The van der Waals surface area contributed by atoms with Gasteiger partial charge in [0.25, 0.3) is 0 Å². The van der Waals surface area contributed by atoms with Gasteiger partial charge in [0.2, 0.25) is 0 Å². The molecule has 0 atom stereocenters. The van der Waals surface area contributed by atoms with Gasteiger partial charge in [-0.2, -0.15) is 0 Å². The molecule has 19 heavy (non-hydrogen) atoms. The summed E-state index contributed by atoms with van der Waals surface area (Å²) in [5.41, 5.74) is 1.08. The molecule has 2 aromatic rings. The molecule has 0 fully saturated rings. The number of furan rings is 1. The van der Waals surface area contributed by atoms with Crippen molar-refractivity contribution in [2.45, 2.75) is 33.6 Å². The Hall–Kier alpha value is -1.20. The van der Waals surface area contributed by atoms with Crippen LogP contribution in [0.4, 0.5) is 0 Å². The molecule has 104 valence electrons. The van der Waals surface area contributed by atoms with E-state index in [1.807, 2.05) is 6.07 Å². The van der Waals surface area contributed by atoms with E-state index >= 15 is 0 Å². The first-order valence-corrected chi connectivity index (χ1v) is 7.62. The second kappa shape index (κ2) is 6.82. The zero-order valence-corrected chi connectivity index (χ0v) is 12.6. The summed E-state index contributed by atoms with van der Waals surface area (Å²) in [5.74, 6) is 1.67. The van der Waals surface area contributed by atoms with Gasteiger partial charge in [0.1, 0.15) is 10.8 Å². The van der Waals surface area contributed by atoms with Crippen molar-refractivity contribution < 1.29 is 4.42 Å². The standard InChI is InChI=1S/C14H21N3OS/c1-4-12-11(6-8-18-12)14-17-16-13(19-14)5-7-15-9-10(2)3/h6,8,10,15H,4-5,7,9H2,1-3H3. The third kappa shape index (κ3) is 3.88. The molecule has 0 aromatic carbocycles. The first kappa shape index (κ1) is 14.2. The van der Waals surface area contributed by atoms with Crippen LogP contribution in [-0.2, 0) is 12.8 Å². The summed E-state index contributed by atoms with van der Waals surface area (Å²) >= 11 is 1.66. The van der Waals surface area contributed by atoms with Crippen LogP contribution < -0.4 is 5.32 Å². The lowest BCUT2D eigenvalue weighted by atomic mass is 10.2. The topological polar surface area (TPSA) is 51.0 Å². The molecule has 0 aliphatic carbocycles. The van der Waals surface area contributed by atoms with Gasteiger partial charge in [0.05, 0.1) is 11.8 Å². The van der Waals surface area contributed by atoms with Crippen LogP contribution in [0.1, 0.15) is 31.5 Å². The van der Waals surface area contributed by atoms with Crippen molar-refractivity contribution in [2.24, 2.45) is 5.92 Å². The molecular weight excluding hydrogens is 258 g/mol. The van der Waals surface area contributed by atoms with Crippen LogP contribution in [-0.4, -0.2) is 23.3 Å². The lowest BCUT2D eigenvalue weighted by Crippen LogP contribution is -2.22. The van der Waals surface area contributed by atoms with E-state index in [1.54, 1.807) is 17.6 Å². The monoisotopic (exact) mass is 279 g/mol. The van der Waals surface area contributed by atoms with Crippen LogP contribution in [0.5, 0.6) is 0 Å². The summed E-state index contributed by atoms with van der Waals surface area (Å²) < 4.78 is 5.43. The van der Waals surface area contributed by atoms with Crippen LogP contribution in [0, 0.1) is 5.92 Å². The van der Waals surface area contributed by atoms with Crippen molar-refractivity contribution in [1.82, 2.24) is 15.5 Å². The Morgan fingerprint density at radius 1 is 1.37 bits per heavy atom. The Morgan fingerprint density at radius 3 is 2.95 bits per heavy atom. The van der Waals surface area contributed by atoms with E-state index in [2.05, 4.69) is 36.3 Å². The maximum atomic E-state index is 5.43. The van der Waals surface area contributed by atoms with E-state index in [1.165, 1.54) is 0 Å². The van der Waals surface area contributed by atoms with Gasteiger partial charge in [-0.15, -0.1) is 10.2 Å². The van der Waals surface area contributed by atoms with Gasteiger partial charge in [-0.25, -0.2) is 0 Å². The molecule has 0 aliphatic rings. The van der Waals surface area contributed by atoms with Crippen molar-refractivity contribution in [3.8, 4) is 10.6 Å². The SMILES string of the molecule is CCc1occc1-c1nnc(CCNCC(C)C)s1. The number of hydrogen-bond acceptors (Lipinski definition) is 5. The molecule has 4 nitrogen and oxygen atoms in total. The summed E-state index contributed by atoms with van der Waals surface area (Å²) in [6.07, 6.45) is 3.54. The summed E-state index contributed by atoms with van der Waals surface area (Å²) in [6, 6.07) is 1.97. The van der Waals surface area contributed by atoms with Crippen LogP contribution in [0.3, 0.4) is 0 Å². The normalized spacial score (nSPS) is 11.4. The van der Waals surface area contributed by atoms with Crippen LogP contribution >= 0.6 is 11.3 Å². The van der Waals surface area contributed by atoms with Gasteiger partial charge in [-0.3, -0.25) is 0 Å². The molecule has 0 radical (unpaired) electrons. The minimum atomic E-state index is 0.683. The van der Waals surface area contributed by atoms with Crippen LogP contribution in [0.2, 0.25) is 0 Å². The maximum absolute atomic E-state index is 5.43. The third-order valence-electron chi connectivity index (χ3n) is 2.83. The summed E-state index contributed by atoms with van der Waals surface area (Å²) in [6.45, 7) is 8.51. The predicted molar refractivity (Wildman–Crippen MR) is 78.4 cm³/mol. The third-order valence-corrected chi connectivity index (χ3v) is 3.85. The summed E-state index contributed by atoms with van der Waals surface area (Å²) in [5, 5.41) is 14.0. The molecule has 5 heteroatoms. The lowest BCUT2D eigenvalue weighted by Gasteiger charge is -2.05. The van der Waals surface area contributed by atoms with E-state index in [9.17, 15) is 0 Å². The van der Waals surface area contributed by atoms with Crippen molar-refractivity contribution >= 4 is 11.3 Å². The van der Waals surface area contributed by atoms with Gasteiger partial charge in [0, 0.05) is 19.4 Å². The van der Waals surface area contributed by atoms with Gasteiger partial charge in [-0.1, -0.05) is 32.1 Å². The van der Waals surface area contributed by atoms with E-state index < -0.39 is 0 Å². The smallest absolute Gasteiger partial charge is 0.151 e. The van der Waals surface area contributed by atoms with E-state index in [-0.39, 0.29) is 0 Å². The number of nitrogens with zero attached hydrogens (tertiary/aromatic N) is 2. The highest BCUT2D eigenvalue weighted by molar-refractivity contribution is 7.14. The molecule has 0 spiro atoms. The van der Waals surface area contributed by atoms with Crippen molar-refractivity contribution in [3.63, 3.8) is 0 Å². The summed E-state index contributed by atoms with van der Waals surface area (Å²) in [7, 11) is 0. The Morgan fingerprint density at radius 2 is 2.21 bits per heavy atom. The molecule has 0 saturated heterocycles. The first-order chi connectivity index (χ1) is 9.20. The molecule has 2 rings (SSSR count). The predicted octanol–water partition coefficient (Wildman–Crippen LogP) is 3.15. The minimum absolute atomic E-state index is 0.683. The molecule has 0 unspecified atom stereocenters. The minimum Gasteiger partial charge on any atom is -0.469 e. The highest BCUT2D eigenvalue weighted by atomic mass is 32.1. The average Bonchev–Trinajstić information content (AvgIpc) is 3.02. The molecular formula is C14H21N3OS. The van der Waals surface area contributed by atoms with Gasteiger partial charge in [-0.05, 0) is 18.5 Å². The van der Waals surface area contributed by atoms with E-state index in [0.717, 1.165) is 47.3 Å². The number of rotatable bonds is 7. The molecule has 2 aromatic heterocycles. The van der Waals surface area contributed by atoms with Crippen molar-refractivity contribution in [1.29, 1.82) is 0 Å². The molecule has 0 bridgehead atoms. The zero-order chi connectivity index (χ0) is 13.7. The van der Waals surface area contributed by atoms with Crippen LogP contribution in [0.15, 0.2) is 16.7 Å². The quantitative estimate of drug-likeness (QED) is 0.791. The Balaban J connectivity index is 1.92. The van der Waals surface area contributed by atoms with E-state index in [4.69, 9.17) is 4.42 Å². The number of nitrogens with one attached hydrogen (secondary N) is 1. The largest absolute Gasteiger partial charge is 0.469 e. The van der Waals surface area contributed by atoms with Gasteiger partial charge >= 0.3 is 0 Å². The molecule has 0 aliphatic heterocycles. The van der Waals surface area contributed by atoms with E-state index in [0.29, 0.717) is 5.92 Å². The zero-order valence-electron chi connectivity index (χ0n) is 11.8. The Kier molecular flexibility index (Phi) is 5.10. The Bertz CT molecular complexity index is 504. The second-order valence-electron chi connectivity index (χ2n) is 4.96. The lowest BCUT2D eigenvalue weighted by molar-refractivity contribution is 0.517. The van der Waals surface area contributed by atoms with Crippen LogP contribution in [0.25, 0.3) is 10.6 Å². The fraction of sp³-hybridized carbons (Fsp3) is 0.571. The number of hydrogen-bond donors (Lipinski definition) is 1. The van der Waals surface area contributed by atoms with Gasteiger partial charge in [0.15, 0.2) is 5.01 Å². The van der Waals surface area contributed by atoms with Crippen molar-refractivity contribution in [2.75, 3.05) is 13.1 Å². The fourth-order valence-corrected chi connectivity index (χ4v) is 2.74. The van der Waals surface area contributed by atoms with Gasteiger partial charge < -0.3 is 9.73 Å². The molecule has 1 N–H and O–H groups in total.